The van der Waals surface area contributed by atoms with Crippen molar-refractivity contribution in [1.82, 2.24) is 5.32 Å². The molecule has 3 heteroatoms. The molecular weight excluding hydrogens is 196 g/mol. The third kappa shape index (κ3) is 2.75. The van der Waals surface area contributed by atoms with Gasteiger partial charge < -0.3 is 5.32 Å². The van der Waals surface area contributed by atoms with Crippen molar-refractivity contribution in [1.29, 1.82) is 0 Å². The summed E-state index contributed by atoms with van der Waals surface area (Å²) >= 11 is 0. The van der Waals surface area contributed by atoms with E-state index in [2.05, 4.69) is 5.32 Å². The molecule has 15 heavy (non-hydrogen) atoms. The van der Waals surface area contributed by atoms with E-state index in [4.69, 9.17) is 0 Å². The predicted molar refractivity (Wildman–Crippen MR) is 56.1 cm³/mol. The van der Waals surface area contributed by atoms with Gasteiger partial charge in [0.25, 0.3) is 6.43 Å². The Kier molecular flexibility index (Phi) is 3.31. The average molecular weight is 211 g/mol. The molecule has 1 saturated heterocycles. The van der Waals surface area contributed by atoms with Gasteiger partial charge >= 0.3 is 0 Å². The van der Waals surface area contributed by atoms with E-state index in [0.717, 1.165) is 25.1 Å². The van der Waals surface area contributed by atoms with Crippen LogP contribution in [0.15, 0.2) is 24.3 Å². The van der Waals surface area contributed by atoms with Crippen molar-refractivity contribution in [3.63, 3.8) is 0 Å². The molecule has 0 radical (unpaired) electrons. The van der Waals surface area contributed by atoms with Gasteiger partial charge in [0.15, 0.2) is 0 Å². The topological polar surface area (TPSA) is 12.0 Å². The largest absolute Gasteiger partial charge is 0.316 e. The summed E-state index contributed by atoms with van der Waals surface area (Å²) in [5.41, 5.74) is 1.27. The first-order chi connectivity index (χ1) is 7.25. The van der Waals surface area contributed by atoms with Crippen molar-refractivity contribution in [2.24, 2.45) is 5.92 Å². The fourth-order valence-electron chi connectivity index (χ4n) is 2.02. The maximum absolute atomic E-state index is 12.3. The van der Waals surface area contributed by atoms with Gasteiger partial charge in [-0.2, -0.15) is 0 Å². The summed E-state index contributed by atoms with van der Waals surface area (Å²) < 4.78 is 24.6. The van der Waals surface area contributed by atoms with Crippen LogP contribution in [0.2, 0.25) is 0 Å². The summed E-state index contributed by atoms with van der Waals surface area (Å²) in [4.78, 5) is 0. The van der Waals surface area contributed by atoms with E-state index < -0.39 is 6.43 Å². The molecule has 2 rings (SSSR count). The molecule has 1 N–H and O–H groups in total. The lowest BCUT2D eigenvalue weighted by Crippen LogP contribution is -2.10. The Hall–Kier alpha value is -0.960. The van der Waals surface area contributed by atoms with Crippen LogP contribution in [-0.2, 0) is 6.42 Å². The predicted octanol–water partition coefficient (Wildman–Crippen LogP) is 2.78. The van der Waals surface area contributed by atoms with Gasteiger partial charge in [0.1, 0.15) is 0 Å². The summed E-state index contributed by atoms with van der Waals surface area (Å²) in [5.74, 6) is 0.669. The standard InChI is InChI=1S/C12H15F2N/c13-12(14)11-3-1-9(2-4-11)7-10-5-6-15-8-10/h1-4,10,12,15H,5-8H2/t10-/m0/s1. The highest BCUT2D eigenvalue weighted by atomic mass is 19.3. The molecule has 1 heterocycles. The van der Waals surface area contributed by atoms with Crippen LogP contribution in [0.4, 0.5) is 8.78 Å². The number of halogens is 2. The van der Waals surface area contributed by atoms with Gasteiger partial charge in [-0.3, -0.25) is 0 Å². The molecule has 1 aliphatic heterocycles. The summed E-state index contributed by atoms with van der Waals surface area (Å²) in [6.07, 6.45) is -0.167. The van der Waals surface area contributed by atoms with Crippen molar-refractivity contribution in [3.05, 3.63) is 35.4 Å². The van der Waals surface area contributed by atoms with Crippen LogP contribution in [-0.4, -0.2) is 13.1 Å². The smallest absolute Gasteiger partial charge is 0.263 e. The SMILES string of the molecule is FC(F)c1ccc(C[C@@H]2CCNC2)cc1. The van der Waals surface area contributed by atoms with Crippen molar-refractivity contribution < 1.29 is 8.78 Å². The van der Waals surface area contributed by atoms with Crippen LogP contribution < -0.4 is 5.32 Å². The first kappa shape index (κ1) is 10.6. The van der Waals surface area contributed by atoms with Crippen LogP contribution in [0.1, 0.15) is 24.0 Å². The minimum absolute atomic E-state index is 0.114. The lowest BCUT2D eigenvalue weighted by molar-refractivity contribution is 0.151. The Labute approximate surface area is 88.5 Å². The molecule has 0 amide bonds. The second kappa shape index (κ2) is 4.71. The van der Waals surface area contributed by atoms with Gasteiger partial charge in [-0.05, 0) is 37.4 Å². The molecule has 1 aromatic rings. The van der Waals surface area contributed by atoms with Crippen LogP contribution in [0.5, 0.6) is 0 Å². The van der Waals surface area contributed by atoms with Gasteiger partial charge in [-0.25, -0.2) is 8.78 Å². The molecule has 1 nitrogen and oxygen atoms in total. The van der Waals surface area contributed by atoms with Gasteiger partial charge in [0.05, 0.1) is 0 Å². The Morgan fingerprint density at radius 3 is 2.53 bits per heavy atom. The second-order valence-electron chi connectivity index (χ2n) is 4.11. The van der Waals surface area contributed by atoms with Gasteiger partial charge in [0.2, 0.25) is 0 Å². The summed E-state index contributed by atoms with van der Waals surface area (Å²) in [5, 5.41) is 3.30. The zero-order valence-corrected chi connectivity index (χ0v) is 8.55. The molecule has 0 bridgehead atoms. The Balaban J connectivity index is 1.97. The molecule has 82 valence electrons. The van der Waals surface area contributed by atoms with Crippen LogP contribution in [0, 0.1) is 5.92 Å². The Morgan fingerprint density at radius 2 is 2.00 bits per heavy atom. The summed E-state index contributed by atoms with van der Waals surface area (Å²) in [6, 6.07) is 6.70. The van der Waals surface area contributed by atoms with Crippen molar-refractivity contribution in [2.45, 2.75) is 19.3 Å². The second-order valence-corrected chi connectivity index (χ2v) is 4.11. The molecule has 0 aromatic heterocycles. The quantitative estimate of drug-likeness (QED) is 0.810. The van der Waals surface area contributed by atoms with Crippen molar-refractivity contribution in [2.75, 3.05) is 13.1 Å². The fraction of sp³-hybridized carbons (Fsp3) is 0.500. The van der Waals surface area contributed by atoms with E-state index >= 15 is 0 Å². The van der Waals surface area contributed by atoms with Crippen LogP contribution in [0.3, 0.4) is 0 Å². The highest BCUT2D eigenvalue weighted by molar-refractivity contribution is 5.23. The first-order valence-corrected chi connectivity index (χ1v) is 5.33. The first-order valence-electron chi connectivity index (χ1n) is 5.33. The van der Waals surface area contributed by atoms with Crippen LogP contribution >= 0.6 is 0 Å². The summed E-state index contributed by atoms with van der Waals surface area (Å²) in [7, 11) is 0. The van der Waals surface area contributed by atoms with Crippen molar-refractivity contribution in [3.8, 4) is 0 Å². The van der Waals surface area contributed by atoms with Crippen molar-refractivity contribution >= 4 is 0 Å². The Bertz CT molecular complexity index is 302. The van der Waals surface area contributed by atoms with Crippen LogP contribution in [0.25, 0.3) is 0 Å². The number of hydrogen-bond donors (Lipinski definition) is 1. The number of benzene rings is 1. The van der Waals surface area contributed by atoms with Gasteiger partial charge in [0, 0.05) is 5.56 Å². The molecule has 1 fully saturated rings. The fourth-order valence-corrected chi connectivity index (χ4v) is 2.02. The van der Waals surface area contributed by atoms with E-state index in [1.807, 2.05) is 12.1 Å². The highest BCUT2D eigenvalue weighted by Gasteiger charge is 2.15. The molecule has 0 saturated carbocycles. The highest BCUT2D eigenvalue weighted by Crippen LogP contribution is 2.21. The van der Waals surface area contributed by atoms with E-state index in [-0.39, 0.29) is 5.56 Å². The maximum atomic E-state index is 12.3. The number of nitrogens with one attached hydrogen (secondary N) is 1. The molecule has 1 aromatic carbocycles. The summed E-state index contributed by atoms with van der Waals surface area (Å²) in [6.45, 7) is 2.14. The zero-order chi connectivity index (χ0) is 10.7. The minimum atomic E-state index is -2.35. The number of alkyl halides is 2. The lowest BCUT2D eigenvalue weighted by atomic mass is 9.98. The van der Waals surface area contributed by atoms with E-state index in [1.54, 1.807) is 0 Å². The van der Waals surface area contributed by atoms with E-state index in [1.165, 1.54) is 18.6 Å². The monoisotopic (exact) mass is 211 g/mol. The third-order valence-corrected chi connectivity index (χ3v) is 2.92. The number of rotatable bonds is 3. The molecule has 0 unspecified atom stereocenters. The molecule has 1 atom stereocenters. The van der Waals surface area contributed by atoms with Gasteiger partial charge in [-0.15, -0.1) is 0 Å². The van der Waals surface area contributed by atoms with E-state index in [9.17, 15) is 8.78 Å². The molecular formula is C12H15F2N. The third-order valence-electron chi connectivity index (χ3n) is 2.92. The zero-order valence-electron chi connectivity index (χ0n) is 8.55. The molecule has 0 aliphatic carbocycles. The minimum Gasteiger partial charge on any atom is -0.316 e. The normalized spacial score (nSPS) is 21.1. The number of hydrogen-bond acceptors (Lipinski definition) is 1. The molecule has 1 aliphatic rings. The Morgan fingerprint density at radius 1 is 1.27 bits per heavy atom. The lowest BCUT2D eigenvalue weighted by Gasteiger charge is -2.08. The van der Waals surface area contributed by atoms with Gasteiger partial charge in [-0.1, -0.05) is 24.3 Å². The van der Waals surface area contributed by atoms with E-state index in [0.29, 0.717) is 5.92 Å². The average Bonchev–Trinajstić information content (AvgIpc) is 2.71. The maximum Gasteiger partial charge on any atom is 0.263 e. The molecule has 0 spiro atoms.